The Morgan fingerprint density at radius 2 is 1.76 bits per heavy atom. The Labute approximate surface area is 220 Å². The lowest BCUT2D eigenvalue weighted by Gasteiger charge is -2.14. The molecule has 0 unspecified atom stereocenters. The predicted molar refractivity (Wildman–Crippen MR) is 140 cm³/mol. The van der Waals surface area contributed by atoms with Gasteiger partial charge in [-0.05, 0) is 18.2 Å². The smallest absolute Gasteiger partial charge is 0.330 e. The molecule has 0 spiro atoms. The zero-order valence-corrected chi connectivity index (χ0v) is 21.3. The zero-order chi connectivity index (χ0) is 26.9. The fourth-order valence-corrected chi connectivity index (χ4v) is 4.23. The Balaban J connectivity index is 1.74. The van der Waals surface area contributed by atoms with Crippen molar-refractivity contribution >= 4 is 41.1 Å². The third-order valence-electron chi connectivity index (χ3n) is 5.59. The molecule has 0 atom stereocenters. The van der Waals surface area contributed by atoms with Crippen LogP contribution in [0.1, 0.15) is 20.7 Å². The summed E-state index contributed by atoms with van der Waals surface area (Å²) in [6, 6.07) is 8.08. The van der Waals surface area contributed by atoms with Gasteiger partial charge >= 0.3 is 5.69 Å². The second-order valence-corrected chi connectivity index (χ2v) is 8.64. The van der Waals surface area contributed by atoms with Gasteiger partial charge in [0, 0.05) is 49.4 Å². The number of hydrogen-bond donors (Lipinski definition) is 1. The van der Waals surface area contributed by atoms with E-state index in [2.05, 4.69) is 15.3 Å². The first-order chi connectivity index (χ1) is 17.7. The van der Waals surface area contributed by atoms with Crippen molar-refractivity contribution in [2.24, 2.45) is 14.1 Å². The highest BCUT2D eigenvalue weighted by molar-refractivity contribution is 6.39. The largest absolute Gasteiger partial charge is 0.480 e. The van der Waals surface area contributed by atoms with Crippen molar-refractivity contribution in [2.45, 2.75) is 0 Å². The summed E-state index contributed by atoms with van der Waals surface area (Å²) < 4.78 is 7.16. The predicted octanol–water partition coefficient (Wildman–Crippen LogP) is 3.59. The summed E-state index contributed by atoms with van der Waals surface area (Å²) in [7, 11) is 4.12. The number of nitrogens with zero attached hydrogens (tertiary/aromatic N) is 4. The minimum Gasteiger partial charge on any atom is -0.480 e. The van der Waals surface area contributed by atoms with Gasteiger partial charge in [0.1, 0.15) is 5.56 Å². The summed E-state index contributed by atoms with van der Waals surface area (Å²) in [5.41, 5.74) is 0.784. The summed E-state index contributed by atoms with van der Waals surface area (Å²) in [4.78, 5) is 57.1. The summed E-state index contributed by atoms with van der Waals surface area (Å²) in [6.45, 7) is 0. The molecule has 37 heavy (non-hydrogen) atoms. The van der Waals surface area contributed by atoms with Crippen LogP contribution in [0.3, 0.4) is 0 Å². The number of anilines is 1. The highest BCUT2D eigenvalue weighted by atomic mass is 35.5. The first-order valence-corrected chi connectivity index (χ1v) is 11.4. The van der Waals surface area contributed by atoms with Crippen LogP contribution >= 0.6 is 23.2 Å². The van der Waals surface area contributed by atoms with Crippen LogP contribution < -0.4 is 21.3 Å². The number of benzene rings is 1. The van der Waals surface area contributed by atoms with Gasteiger partial charge in [-0.25, -0.2) is 9.78 Å². The van der Waals surface area contributed by atoms with E-state index in [0.717, 1.165) is 9.13 Å². The highest BCUT2D eigenvalue weighted by Gasteiger charge is 2.20. The lowest BCUT2D eigenvalue weighted by Crippen LogP contribution is -2.40. The van der Waals surface area contributed by atoms with E-state index in [1.807, 2.05) is 0 Å². The van der Waals surface area contributed by atoms with E-state index in [1.54, 1.807) is 30.3 Å². The first-order valence-electron chi connectivity index (χ1n) is 10.7. The van der Waals surface area contributed by atoms with E-state index in [0.29, 0.717) is 28.7 Å². The molecule has 0 aliphatic rings. The zero-order valence-electron chi connectivity index (χ0n) is 19.8. The maximum atomic E-state index is 12.9. The molecule has 3 aromatic heterocycles. The molecule has 188 valence electrons. The molecular weight excluding hydrogens is 521 g/mol. The topological polar surface area (TPSA) is 125 Å². The van der Waals surface area contributed by atoms with Crippen molar-refractivity contribution in [3.8, 4) is 28.3 Å². The van der Waals surface area contributed by atoms with Gasteiger partial charge < -0.3 is 14.6 Å². The van der Waals surface area contributed by atoms with Crippen LogP contribution in [0.25, 0.3) is 22.4 Å². The number of ether oxygens (including phenoxy) is 1. The second kappa shape index (κ2) is 10.4. The molecule has 4 rings (SSSR count). The van der Waals surface area contributed by atoms with Crippen molar-refractivity contribution in [3.05, 3.63) is 90.9 Å². The molecular formula is C25H19Cl2N5O5. The highest BCUT2D eigenvalue weighted by Crippen LogP contribution is 2.40. The van der Waals surface area contributed by atoms with Crippen molar-refractivity contribution in [2.75, 3.05) is 12.4 Å². The van der Waals surface area contributed by atoms with Crippen LogP contribution in [0.15, 0.2) is 58.5 Å². The second-order valence-electron chi connectivity index (χ2n) is 7.88. The fourth-order valence-electron chi connectivity index (χ4n) is 3.66. The third-order valence-corrected chi connectivity index (χ3v) is 6.41. The number of nitrogens with one attached hydrogen (secondary N) is 1. The molecule has 4 aromatic rings. The van der Waals surface area contributed by atoms with E-state index < -0.39 is 17.2 Å². The number of aldehydes is 1. The number of carbonyl (C=O) groups excluding carboxylic acids is 2. The molecule has 0 bridgehead atoms. The number of amides is 1. The van der Waals surface area contributed by atoms with Gasteiger partial charge in [-0.3, -0.25) is 23.9 Å². The van der Waals surface area contributed by atoms with E-state index in [-0.39, 0.29) is 32.7 Å². The molecule has 0 aliphatic carbocycles. The quantitative estimate of drug-likeness (QED) is 0.371. The molecule has 0 radical (unpaired) electrons. The Bertz CT molecular complexity index is 1680. The number of pyridine rings is 2. The van der Waals surface area contributed by atoms with Crippen molar-refractivity contribution in [1.82, 2.24) is 19.1 Å². The van der Waals surface area contributed by atoms with Crippen molar-refractivity contribution < 1.29 is 14.3 Å². The van der Waals surface area contributed by atoms with Gasteiger partial charge in [-0.1, -0.05) is 35.3 Å². The summed E-state index contributed by atoms with van der Waals surface area (Å²) >= 11 is 13.4. The molecule has 1 aromatic carbocycles. The minimum atomic E-state index is -0.739. The normalized spacial score (nSPS) is 10.7. The molecule has 0 saturated heterocycles. The third kappa shape index (κ3) is 4.76. The Hall–Kier alpha value is -4.28. The number of halogens is 2. The molecule has 1 amide bonds. The lowest BCUT2D eigenvalue weighted by molar-refractivity contribution is 0.102. The Morgan fingerprint density at radius 3 is 2.46 bits per heavy atom. The van der Waals surface area contributed by atoms with E-state index in [9.17, 15) is 19.2 Å². The van der Waals surface area contributed by atoms with Crippen LogP contribution in [-0.4, -0.2) is 38.4 Å². The summed E-state index contributed by atoms with van der Waals surface area (Å²) in [5.74, 6) is -0.596. The number of aromatic nitrogens is 4. The summed E-state index contributed by atoms with van der Waals surface area (Å²) in [5, 5.41) is 3.05. The molecule has 0 aliphatic heterocycles. The summed E-state index contributed by atoms with van der Waals surface area (Å²) in [6.07, 6.45) is 4.83. The Kier molecular flexibility index (Phi) is 7.23. The van der Waals surface area contributed by atoms with E-state index in [4.69, 9.17) is 27.9 Å². The van der Waals surface area contributed by atoms with Crippen LogP contribution in [0, 0.1) is 0 Å². The first kappa shape index (κ1) is 25.8. The number of rotatable bonds is 6. The van der Waals surface area contributed by atoms with Crippen molar-refractivity contribution in [1.29, 1.82) is 0 Å². The van der Waals surface area contributed by atoms with E-state index in [1.165, 1.54) is 39.8 Å². The SMILES string of the molecule is COc1nc(-c2cncc(-c3cccc(NC(=O)c4cn(C)c(=O)n(C)c4=O)c3Cl)c2Cl)ccc1C=O. The number of hydrogen-bond acceptors (Lipinski definition) is 7. The molecule has 0 fully saturated rings. The van der Waals surface area contributed by atoms with Crippen LogP contribution in [0.4, 0.5) is 5.69 Å². The van der Waals surface area contributed by atoms with Gasteiger partial charge in [0.2, 0.25) is 5.88 Å². The van der Waals surface area contributed by atoms with Gasteiger partial charge in [0.05, 0.1) is 34.1 Å². The number of carbonyl (C=O) groups is 2. The van der Waals surface area contributed by atoms with Crippen LogP contribution in [0.2, 0.25) is 10.0 Å². The molecule has 3 heterocycles. The van der Waals surface area contributed by atoms with Gasteiger partial charge in [0.15, 0.2) is 6.29 Å². The fraction of sp³-hybridized carbons (Fsp3) is 0.120. The lowest BCUT2D eigenvalue weighted by atomic mass is 10.0. The maximum Gasteiger partial charge on any atom is 0.330 e. The monoisotopic (exact) mass is 539 g/mol. The molecule has 10 nitrogen and oxygen atoms in total. The molecule has 0 saturated carbocycles. The number of aryl methyl sites for hydroxylation is 1. The maximum absolute atomic E-state index is 12.9. The van der Waals surface area contributed by atoms with E-state index >= 15 is 0 Å². The Morgan fingerprint density at radius 1 is 1.03 bits per heavy atom. The van der Waals surface area contributed by atoms with Crippen molar-refractivity contribution in [3.63, 3.8) is 0 Å². The molecule has 1 N–H and O–H groups in total. The average Bonchev–Trinajstić information content (AvgIpc) is 2.90. The van der Waals surface area contributed by atoms with Gasteiger partial charge in [-0.2, -0.15) is 0 Å². The van der Waals surface area contributed by atoms with Gasteiger partial charge in [0.25, 0.3) is 11.5 Å². The standard InChI is InChI=1S/C25H19Cl2N5O5/c1-31-11-17(24(35)32(2)25(31)36)22(34)29-19-6-4-5-14(21(19)27)15-9-28-10-16(20(15)26)18-8-7-13(12-33)23(30-18)37-3/h4-12H,1-3H3,(H,29,34). The van der Waals surface area contributed by atoms with Crippen LogP contribution in [0.5, 0.6) is 5.88 Å². The van der Waals surface area contributed by atoms with Crippen LogP contribution in [-0.2, 0) is 14.1 Å². The minimum absolute atomic E-state index is 0.140. The average molecular weight is 540 g/mol. The molecule has 12 heteroatoms. The number of methoxy groups -OCH3 is 1. The van der Waals surface area contributed by atoms with Gasteiger partial charge in [-0.15, -0.1) is 0 Å².